The summed E-state index contributed by atoms with van der Waals surface area (Å²) in [6.45, 7) is 5.51. The number of carbonyl (C=O) groups excluding carboxylic acids is 2. The van der Waals surface area contributed by atoms with E-state index >= 15 is 13.2 Å². The third kappa shape index (κ3) is 6.25. The quantitative estimate of drug-likeness (QED) is 0.223. The lowest BCUT2D eigenvalue weighted by Crippen LogP contribution is -2.70. The van der Waals surface area contributed by atoms with Crippen LogP contribution < -0.4 is 15.5 Å². The van der Waals surface area contributed by atoms with E-state index in [1.54, 1.807) is 52.2 Å². The maximum atomic E-state index is 15.8. The van der Waals surface area contributed by atoms with Crippen LogP contribution in [-0.4, -0.2) is 105 Å². The summed E-state index contributed by atoms with van der Waals surface area (Å²) in [6, 6.07) is 7.40. The van der Waals surface area contributed by atoms with Crippen molar-refractivity contribution < 1.29 is 36.3 Å². The Morgan fingerprint density at radius 2 is 1.80 bits per heavy atom. The molecule has 1 aliphatic carbocycles. The number of nitrogens with one attached hydrogen (secondary N) is 2. The predicted molar refractivity (Wildman–Crippen MR) is 189 cm³/mol. The maximum absolute atomic E-state index is 15.8. The van der Waals surface area contributed by atoms with E-state index in [2.05, 4.69) is 25.7 Å². The molecule has 3 aromatic heterocycles. The Labute approximate surface area is 307 Å². The molecule has 3 fully saturated rings. The Hall–Kier alpha value is -5.06. The van der Waals surface area contributed by atoms with Gasteiger partial charge in [-0.05, 0) is 56.9 Å². The maximum Gasteiger partial charge on any atom is 0.410 e. The molecular formula is C37H40F5N9O3. The Morgan fingerprint density at radius 3 is 2.46 bits per heavy atom. The molecule has 17 heteroatoms. The van der Waals surface area contributed by atoms with Gasteiger partial charge >= 0.3 is 6.09 Å². The number of hydrogen-bond acceptors (Lipinski definition) is 9. The zero-order valence-electron chi connectivity index (χ0n) is 30.2. The van der Waals surface area contributed by atoms with Gasteiger partial charge < -0.3 is 25.2 Å². The van der Waals surface area contributed by atoms with Crippen LogP contribution in [0.3, 0.4) is 0 Å². The molecule has 8 rings (SSSR count). The van der Waals surface area contributed by atoms with Crippen molar-refractivity contribution in [3.05, 3.63) is 65.4 Å². The minimum Gasteiger partial charge on any atom is -0.444 e. The molecular weight excluding hydrogens is 713 g/mol. The highest BCUT2D eigenvalue weighted by molar-refractivity contribution is 5.94. The summed E-state index contributed by atoms with van der Waals surface area (Å²) in [6.07, 6.45) is 2.37. The SMILES string of the molecule is CNc1cc(N2CCc3c(-c4ncc(CN5CC6(CCN(C(=O)OC(C)(C)C)CC6(F)F)C5)cc4F)cccc32)nn2c(C(=O)N[C@@H]3CC3(F)F)cnc12. The van der Waals surface area contributed by atoms with Crippen LogP contribution in [-0.2, 0) is 17.7 Å². The van der Waals surface area contributed by atoms with Gasteiger partial charge in [0.2, 0.25) is 0 Å². The fourth-order valence-electron chi connectivity index (χ4n) is 7.75. The number of piperidine rings is 1. The molecule has 4 aliphatic rings. The van der Waals surface area contributed by atoms with E-state index in [1.807, 2.05) is 15.9 Å². The molecule has 286 valence electrons. The highest BCUT2D eigenvalue weighted by Gasteiger charge is 2.63. The van der Waals surface area contributed by atoms with Crippen molar-refractivity contribution >= 4 is 34.8 Å². The standard InChI is InChI=1S/C37H40F5N9O3/c1-34(2,3)54-33(53)49-11-9-35(37(41,42)20-49)18-48(19-35)17-21-12-24(38)30(44-15-21)23-6-5-7-26-22(23)8-10-50(26)29-13-25(43-4)31-45-16-27(51(31)47-29)32(52)46-28-14-36(28,39)40/h5-7,12-13,15-16,28,43H,8-11,14,17-20H2,1-4H3,(H,46,52)/t28-/m1/s1. The summed E-state index contributed by atoms with van der Waals surface area (Å²) < 4.78 is 80.3. The molecule has 12 nitrogen and oxygen atoms in total. The number of ether oxygens (including phenoxy) is 1. The monoisotopic (exact) mass is 753 g/mol. The van der Waals surface area contributed by atoms with Gasteiger partial charge in [0.05, 0.1) is 29.9 Å². The van der Waals surface area contributed by atoms with Crippen molar-refractivity contribution in [1.82, 2.24) is 34.7 Å². The number of pyridine rings is 1. The number of likely N-dealkylation sites (tertiary alicyclic amines) is 2. The van der Waals surface area contributed by atoms with Gasteiger partial charge in [-0.3, -0.25) is 14.7 Å². The van der Waals surface area contributed by atoms with Crippen LogP contribution in [0.4, 0.5) is 43.9 Å². The number of rotatable bonds is 7. The molecule has 54 heavy (non-hydrogen) atoms. The number of amides is 2. The van der Waals surface area contributed by atoms with Gasteiger partial charge in [0.1, 0.15) is 17.1 Å². The van der Waals surface area contributed by atoms with Gasteiger partial charge in [-0.25, -0.2) is 36.2 Å². The highest BCUT2D eigenvalue weighted by Crippen LogP contribution is 2.51. The molecule has 4 aromatic rings. The van der Waals surface area contributed by atoms with Crippen molar-refractivity contribution in [2.45, 2.75) is 70.1 Å². The van der Waals surface area contributed by atoms with E-state index in [1.165, 1.54) is 16.8 Å². The van der Waals surface area contributed by atoms with Gasteiger partial charge in [-0.1, -0.05) is 12.1 Å². The fraction of sp³-hybridized carbons (Fsp3) is 0.486. The molecule has 0 bridgehead atoms. The van der Waals surface area contributed by atoms with Gasteiger partial charge in [0.15, 0.2) is 17.2 Å². The minimum atomic E-state index is -3.10. The second-order valence-corrected chi connectivity index (χ2v) is 15.7. The van der Waals surface area contributed by atoms with Crippen molar-refractivity contribution in [2.24, 2.45) is 5.41 Å². The molecule has 2 amide bonds. The van der Waals surface area contributed by atoms with Crippen LogP contribution in [0, 0.1) is 11.2 Å². The van der Waals surface area contributed by atoms with E-state index in [0.29, 0.717) is 41.2 Å². The zero-order chi connectivity index (χ0) is 38.4. The second-order valence-electron chi connectivity index (χ2n) is 15.7. The molecule has 1 aromatic carbocycles. The van der Waals surface area contributed by atoms with E-state index in [9.17, 15) is 18.4 Å². The van der Waals surface area contributed by atoms with Crippen LogP contribution in [0.2, 0.25) is 0 Å². The summed E-state index contributed by atoms with van der Waals surface area (Å²) in [5.41, 5.74) is 1.79. The molecule has 0 radical (unpaired) electrons. The first-order valence-corrected chi connectivity index (χ1v) is 17.9. The molecule has 6 heterocycles. The number of imidazole rings is 1. The number of alkyl halides is 4. The summed E-state index contributed by atoms with van der Waals surface area (Å²) >= 11 is 0. The summed E-state index contributed by atoms with van der Waals surface area (Å²) in [5, 5.41) is 10.1. The third-order valence-corrected chi connectivity index (χ3v) is 10.7. The number of benzene rings is 1. The summed E-state index contributed by atoms with van der Waals surface area (Å²) in [7, 11) is 1.69. The van der Waals surface area contributed by atoms with E-state index in [4.69, 9.17) is 4.74 Å². The number of carbonyl (C=O) groups is 2. The number of halogens is 5. The fourth-order valence-corrected chi connectivity index (χ4v) is 7.75. The van der Waals surface area contributed by atoms with E-state index < -0.39 is 59.7 Å². The average molecular weight is 754 g/mol. The van der Waals surface area contributed by atoms with Crippen LogP contribution in [0.15, 0.2) is 42.7 Å². The van der Waals surface area contributed by atoms with Crippen LogP contribution in [0.5, 0.6) is 0 Å². The molecule has 3 aliphatic heterocycles. The lowest BCUT2D eigenvalue weighted by molar-refractivity contribution is -0.223. The Bertz CT molecular complexity index is 2160. The average Bonchev–Trinajstić information content (AvgIpc) is 3.41. The number of nitrogens with zero attached hydrogens (tertiary/aromatic N) is 7. The molecule has 0 unspecified atom stereocenters. The van der Waals surface area contributed by atoms with Gasteiger partial charge in [-0.15, -0.1) is 5.10 Å². The third-order valence-electron chi connectivity index (χ3n) is 10.7. The Kier molecular flexibility index (Phi) is 8.32. The molecule has 1 saturated carbocycles. The largest absolute Gasteiger partial charge is 0.444 e. The number of fused-ring (bicyclic) bond motifs is 2. The highest BCUT2D eigenvalue weighted by atomic mass is 19.3. The normalized spacial score (nSPS) is 21.2. The number of hydrogen-bond donors (Lipinski definition) is 2. The molecule has 2 saturated heterocycles. The Balaban J connectivity index is 0.972. The lowest BCUT2D eigenvalue weighted by atomic mass is 9.69. The number of aromatic nitrogens is 4. The van der Waals surface area contributed by atoms with Gasteiger partial charge in [0.25, 0.3) is 17.8 Å². The molecule has 2 N–H and O–H groups in total. The van der Waals surface area contributed by atoms with Gasteiger partial charge in [-0.2, -0.15) is 0 Å². The summed E-state index contributed by atoms with van der Waals surface area (Å²) in [4.78, 5) is 39.0. The van der Waals surface area contributed by atoms with Crippen LogP contribution in [0.1, 0.15) is 55.2 Å². The van der Waals surface area contributed by atoms with E-state index in [-0.39, 0.29) is 44.0 Å². The van der Waals surface area contributed by atoms with Gasteiger partial charge in [0, 0.05) is 69.7 Å². The zero-order valence-corrected chi connectivity index (χ0v) is 30.2. The van der Waals surface area contributed by atoms with Crippen molar-refractivity contribution in [1.29, 1.82) is 0 Å². The minimum absolute atomic E-state index is 0.0104. The molecule has 1 atom stereocenters. The summed E-state index contributed by atoms with van der Waals surface area (Å²) in [5.74, 6) is -6.82. The molecule has 1 spiro atoms. The first-order valence-electron chi connectivity index (χ1n) is 17.9. The lowest BCUT2D eigenvalue weighted by Gasteiger charge is -2.57. The van der Waals surface area contributed by atoms with Crippen LogP contribution in [0.25, 0.3) is 16.9 Å². The first-order chi connectivity index (χ1) is 25.5. The Morgan fingerprint density at radius 1 is 1.04 bits per heavy atom. The second kappa shape index (κ2) is 12.5. The predicted octanol–water partition coefficient (Wildman–Crippen LogP) is 5.88. The van der Waals surface area contributed by atoms with E-state index in [0.717, 1.165) is 16.2 Å². The van der Waals surface area contributed by atoms with Crippen LogP contribution >= 0.6 is 0 Å². The smallest absolute Gasteiger partial charge is 0.410 e. The van der Waals surface area contributed by atoms with Crippen molar-refractivity contribution in [3.63, 3.8) is 0 Å². The van der Waals surface area contributed by atoms with Crippen molar-refractivity contribution in [3.8, 4) is 11.3 Å². The topological polar surface area (TPSA) is 120 Å². The van der Waals surface area contributed by atoms with Crippen molar-refractivity contribution in [2.75, 3.05) is 50.0 Å². The number of anilines is 3. The first kappa shape index (κ1) is 35.9.